The number of amides is 2. The highest BCUT2D eigenvalue weighted by atomic mass is 32.2. The molecule has 2 amide bonds. The fraction of sp³-hybridized carbons (Fsp3) is 0.545. The van der Waals surface area contributed by atoms with Gasteiger partial charge in [-0.2, -0.15) is 5.10 Å². The molecule has 5 nitrogen and oxygen atoms in total. The third kappa shape index (κ3) is 2.88. The Balaban J connectivity index is 1.83. The lowest BCUT2D eigenvalue weighted by Gasteiger charge is -2.24. The molecular weight excluding hydrogens is 238 g/mol. The van der Waals surface area contributed by atoms with Crippen LogP contribution < -0.4 is 0 Å². The summed E-state index contributed by atoms with van der Waals surface area (Å²) in [7, 11) is 0. The molecule has 6 heteroatoms. The standard InChI is InChI=1S/C11H15N3O2S/c1-8-9(5-12-13-8)3-2-4-14-10(15)6-17-7-11(14)16/h5H,2-4,6-7H2,1H3,(H,12,13). The topological polar surface area (TPSA) is 66.1 Å². The van der Waals surface area contributed by atoms with Gasteiger partial charge in [0.15, 0.2) is 0 Å². The molecule has 17 heavy (non-hydrogen) atoms. The third-order valence-corrected chi connectivity index (χ3v) is 3.72. The average molecular weight is 253 g/mol. The van der Waals surface area contributed by atoms with E-state index in [0.717, 1.165) is 24.1 Å². The molecule has 0 unspecified atom stereocenters. The number of rotatable bonds is 4. The largest absolute Gasteiger partial charge is 0.283 e. The fourth-order valence-electron chi connectivity index (χ4n) is 1.83. The summed E-state index contributed by atoms with van der Waals surface area (Å²) in [5.74, 6) is 0.734. The zero-order valence-electron chi connectivity index (χ0n) is 9.73. The van der Waals surface area contributed by atoms with Gasteiger partial charge >= 0.3 is 0 Å². The number of imide groups is 1. The maximum Gasteiger partial charge on any atom is 0.239 e. The summed E-state index contributed by atoms with van der Waals surface area (Å²) in [6.45, 7) is 2.49. The molecule has 92 valence electrons. The van der Waals surface area contributed by atoms with E-state index in [4.69, 9.17) is 0 Å². The highest BCUT2D eigenvalue weighted by molar-refractivity contribution is 8.00. The van der Waals surface area contributed by atoms with Crippen molar-refractivity contribution in [1.82, 2.24) is 15.1 Å². The predicted octanol–water partition coefficient (Wildman–Crippen LogP) is 0.753. The molecule has 1 N–H and O–H groups in total. The second-order valence-electron chi connectivity index (χ2n) is 4.06. The molecule has 0 aromatic carbocycles. The van der Waals surface area contributed by atoms with Gasteiger partial charge in [-0.15, -0.1) is 11.8 Å². The Morgan fingerprint density at radius 2 is 2.12 bits per heavy atom. The van der Waals surface area contributed by atoms with Crippen LogP contribution in [0.5, 0.6) is 0 Å². The van der Waals surface area contributed by atoms with Crippen molar-refractivity contribution in [2.24, 2.45) is 0 Å². The molecule has 0 spiro atoms. The zero-order valence-corrected chi connectivity index (χ0v) is 10.5. The number of aromatic amines is 1. The molecule has 1 saturated heterocycles. The van der Waals surface area contributed by atoms with E-state index in [-0.39, 0.29) is 11.8 Å². The molecule has 0 saturated carbocycles. The van der Waals surface area contributed by atoms with Gasteiger partial charge in [0.25, 0.3) is 0 Å². The van der Waals surface area contributed by atoms with Crippen molar-refractivity contribution in [2.75, 3.05) is 18.1 Å². The number of thioether (sulfide) groups is 1. The van der Waals surface area contributed by atoms with E-state index in [0.29, 0.717) is 18.1 Å². The SMILES string of the molecule is Cc1[nH]ncc1CCCN1C(=O)CSCC1=O. The quantitative estimate of drug-likeness (QED) is 0.804. The third-order valence-electron chi connectivity index (χ3n) is 2.82. The summed E-state index contributed by atoms with van der Waals surface area (Å²) in [6, 6.07) is 0. The van der Waals surface area contributed by atoms with Crippen LogP contribution in [0.25, 0.3) is 0 Å². The van der Waals surface area contributed by atoms with Crippen molar-refractivity contribution in [2.45, 2.75) is 19.8 Å². The minimum absolute atomic E-state index is 0.0600. The maximum atomic E-state index is 11.5. The van der Waals surface area contributed by atoms with E-state index in [1.54, 1.807) is 6.20 Å². The number of aromatic nitrogens is 2. The summed E-state index contributed by atoms with van der Waals surface area (Å²) in [6.07, 6.45) is 3.43. The monoisotopic (exact) mass is 253 g/mol. The Kier molecular flexibility index (Phi) is 3.83. The number of aryl methyl sites for hydroxylation is 2. The first-order valence-electron chi connectivity index (χ1n) is 5.58. The zero-order chi connectivity index (χ0) is 12.3. The Labute approximate surface area is 104 Å². The Morgan fingerprint density at radius 1 is 1.41 bits per heavy atom. The van der Waals surface area contributed by atoms with Gasteiger partial charge < -0.3 is 0 Å². The van der Waals surface area contributed by atoms with Crippen molar-refractivity contribution < 1.29 is 9.59 Å². The number of carbonyl (C=O) groups excluding carboxylic acids is 2. The molecule has 1 aromatic heterocycles. The molecule has 2 rings (SSSR count). The summed E-state index contributed by atoms with van der Waals surface area (Å²) >= 11 is 1.39. The molecule has 1 fully saturated rings. The molecule has 1 aromatic rings. The number of hydrogen-bond donors (Lipinski definition) is 1. The van der Waals surface area contributed by atoms with E-state index < -0.39 is 0 Å². The molecule has 0 atom stereocenters. The van der Waals surface area contributed by atoms with Crippen LogP contribution in [-0.4, -0.2) is 45.0 Å². The van der Waals surface area contributed by atoms with E-state index in [1.807, 2.05) is 6.92 Å². The van der Waals surface area contributed by atoms with Crippen molar-refractivity contribution in [1.29, 1.82) is 0 Å². The van der Waals surface area contributed by atoms with Gasteiger partial charge in [0, 0.05) is 12.2 Å². The van der Waals surface area contributed by atoms with Gasteiger partial charge in [-0.1, -0.05) is 0 Å². The lowest BCUT2D eigenvalue weighted by Crippen LogP contribution is -2.43. The van der Waals surface area contributed by atoms with Gasteiger partial charge in [0.2, 0.25) is 11.8 Å². The van der Waals surface area contributed by atoms with Crippen LogP contribution in [0.4, 0.5) is 0 Å². The number of H-pyrrole nitrogens is 1. The van der Waals surface area contributed by atoms with Crippen LogP contribution in [0.2, 0.25) is 0 Å². The number of carbonyl (C=O) groups is 2. The van der Waals surface area contributed by atoms with E-state index in [2.05, 4.69) is 10.2 Å². The van der Waals surface area contributed by atoms with Crippen LogP contribution in [0.1, 0.15) is 17.7 Å². The highest BCUT2D eigenvalue weighted by Crippen LogP contribution is 2.13. The first kappa shape index (κ1) is 12.2. The van der Waals surface area contributed by atoms with Crippen LogP contribution in [0.3, 0.4) is 0 Å². The second-order valence-corrected chi connectivity index (χ2v) is 5.04. The molecular formula is C11H15N3O2S. The lowest BCUT2D eigenvalue weighted by atomic mass is 10.1. The second kappa shape index (κ2) is 5.35. The number of nitrogens with one attached hydrogen (secondary N) is 1. The van der Waals surface area contributed by atoms with Gasteiger partial charge in [-0.3, -0.25) is 19.6 Å². The smallest absolute Gasteiger partial charge is 0.239 e. The molecule has 0 bridgehead atoms. The number of hydrogen-bond acceptors (Lipinski definition) is 4. The van der Waals surface area contributed by atoms with Crippen LogP contribution in [-0.2, 0) is 16.0 Å². The maximum absolute atomic E-state index is 11.5. The first-order chi connectivity index (χ1) is 8.18. The van der Waals surface area contributed by atoms with E-state index in [9.17, 15) is 9.59 Å². The Bertz CT molecular complexity index is 414. The molecule has 2 heterocycles. The summed E-state index contributed by atoms with van der Waals surface area (Å²) in [5, 5.41) is 6.82. The minimum atomic E-state index is -0.0600. The van der Waals surface area contributed by atoms with Gasteiger partial charge in [0.1, 0.15) is 0 Å². The summed E-state index contributed by atoms with van der Waals surface area (Å²) in [5.41, 5.74) is 2.20. The molecule has 1 aliphatic rings. The highest BCUT2D eigenvalue weighted by Gasteiger charge is 2.25. The first-order valence-corrected chi connectivity index (χ1v) is 6.73. The van der Waals surface area contributed by atoms with Gasteiger partial charge in [-0.25, -0.2) is 0 Å². The molecule has 0 radical (unpaired) electrons. The Morgan fingerprint density at radius 3 is 2.71 bits per heavy atom. The average Bonchev–Trinajstić information content (AvgIpc) is 2.69. The van der Waals surface area contributed by atoms with Crippen molar-refractivity contribution in [3.8, 4) is 0 Å². The van der Waals surface area contributed by atoms with Crippen molar-refractivity contribution in [3.05, 3.63) is 17.5 Å². The Hall–Kier alpha value is -1.30. The molecule has 0 aliphatic carbocycles. The fourth-order valence-corrected chi connectivity index (χ4v) is 2.59. The van der Waals surface area contributed by atoms with Crippen LogP contribution in [0.15, 0.2) is 6.20 Å². The number of nitrogens with zero attached hydrogens (tertiary/aromatic N) is 2. The van der Waals surface area contributed by atoms with Gasteiger partial charge in [-0.05, 0) is 25.3 Å². The van der Waals surface area contributed by atoms with E-state index in [1.165, 1.54) is 16.7 Å². The minimum Gasteiger partial charge on any atom is -0.283 e. The van der Waals surface area contributed by atoms with Gasteiger partial charge in [0.05, 0.1) is 17.7 Å². The van der Waals surface area contributed by atoms with Crippen molar-refractivity contribution >= 4 is 23.6 Å². The predicted molar refractivity (Wildman–Crippen MR) is 65.7 cm³/mol. The summed E-state index contributed by atoms with van der Waals surface area (Å²) in [4.78, 5) is 24.4. The molecule has 1 aliphatic heterocycles. The van der Waals surface area contributed by atoms with Crippen LogP contribution in [0, 0.1) is 6.92 Å². The lowest BCUT2D eigenvalue weighted by molar-refractivity contribution is -0.142. The van der Waals surface area contributed by atoms with E-state index >= 15 is 0 Å². The summed E-state index contributed by atoms with van der Waals surface area (Å²) < 4.78 is 0. The van der Waals surface area contributed by atoms with Crippen LogP contribution >= 0.6 is 11.8 Å². The normalized spacial score (nSPS) is 16.6. The van der Waals surface area contributed by atoms with Crippen molar-refractivity contribution in [3.63, 3.8) is 0 Å².